The summed E-state index contributed by atoms with van der Waals surface area (Å²) in [5.74, 6) is 7.45. The first-order valence-electron chi connectivity index (χ1n) is 13.4. The molecule has 0 fully saturated rings. The molecule has 36 heavy (non-hydrogen) atoms. The molecule has 0 heterocycles. The van der Waals surface area contributed by atoms with E-state index in [-0.39, 0.29) is 23.9 Å². The first-order chi connectivity index (χ1) is 17.1. The quantitative estimate of drug-likeness (QED) is 0.301. The van der Waals surface area contributed by atoms with Crippen molar-refractivity contribution in [1.82, 2.24) is 4.90 Å². The predicted molar refractivity (Wildman–Crippen MR) is 147 cm³/mol. The van der Waals surface area contributed by atoms with Crippen LogP contribution in [-0.2, 0) is 21.4 Å². The van der Waals surface area contributed by atoms with Crippen LogP contribution in [0.15, 0.2) is 36.4 Å². The van der Waals surface area contributed by atoms with Gasteiger partial charge in [0.25, 0.3) is 0 Å². The zero-order valence-corrected chi connectivity index (χ0v) is 23.4. The summed E-state index contributed by atoms with van der Waals surface area (Å²) < 4.78 is 11.2. The summed E-state index contributed by atoms with van der Waals surface area (Å²) in [6.07, 6.45) is 4.85. The van der Waals surface area contributed by atoms with Gasteiger partial charge in [-0.15, -0.1) is 0 Å². The molecule has 3 unspecified atom stereocenters. The fourth-order valence-electron chi connectivity index (χ4n) is 5.09. The van der Waals surface area contributed by atoms with Crippen molar-refractivity contribution in [3.05, 3.63) is 64.2 Å². The molecule has 0 aromatic heterocycles. The van der Waals surface area contributed by atoms with E-state index in [1.165, 1.54) is 18.2 Å². The summed E-state index contributed by atoms with van der Waals surface area (Å²) in [5, 5.41) is 0. The number of nitrogens with zero attached hydrogens (tertiary/aromatic N) is 1. The Bertz CT molecular complexity index is 1110. The van der Waals surface area contributed by atoms with E-state index in [0.717, 1.165) is 48.1 Å². The fraction of sp³-hybridized carbons (Fsp3) is 0.531. The van der Waals surface area contributed by atoms with Gasteiger partial charge in [-0.3, -0.25) is 9.69 Å². The zero-order valence-electron chi connectivity index (χ0n) is 23.4. The molecule has 0 spiro atoms. The lowest BCUT2D eigenvalue weighted by molar-refractivity contribution is -0.139. The minimum atomic E-state index is -0.239. The second-order valence-electron chi connectivity index (χ2n) is 10.7. The Morgan fingerprint density at radius 2 is 1.78 bits per heavy atom. The monoisotopic (exact) mass is 489 g/mol. The molecule has 3 rings (SSSR count). The van der Waals surface area contributed by atoms with Crippen LogP contribution in [0.4, 0.5) is 0 Å². The minimum absolute atomic E-state index is 0.0871. The largest absolute Gasteiger partial charge is 0.491 e. The van der Waals surface area contributed by atoms with E-state index in [4.69, 9.17) is 9.47 Å². The molecule has 3 atom stereocenters. The number of carbonyl (C=O) groups is 1. The second kappa shape index (κ2) is 12.0. The maximum absolute atomic E-state index is 11.5. The summed E-state index contributed by atoms with van der Waals surface area (Å²) in [6, 6.07) is 13.1. The summed E-state index contributed by atoms with van der Waals surface area (Å²) in [7, 11) is 3.67. The van der Waals surface area contributed by atoms with E-state index in [1.54, 1.807) is 0 Å². The molecule has 1 aliphatic rings. The summed E-state index contributed by atoms with van der Waals surface area (Å²) in [5.41, 5.74) is 5.65. The summed E-state index contributed by atoms with van der Waals surface area (Å²) in [6.45, 7) is 13.4. The van der Waals surface area contributed by atoms with Crippen molar-refractivity contribution >= 4 is 5.97 Å². The first kappa shape index (κ1) is 27.8. The lowest BCUT2D eigenvalue weighted by atomic mass is 9.67. The Morgan fingerprint density at radius 1 is 1.11 bits per heavy atom. The Balaban J connectivity index is 2.05. The summed E-state index contributed by atoms with van der Waals surface area (Å²) >= 11 is 0. The van der Waals surface area contributed by atoms with Crippen molar-refractivity contribution in [2.45, 2.75) is 97.2 Å². The molecule has 194 valence electrons. The number of rotatable bonds is 8. The maximum Gasteiger partial charge on any atom is 0.309 e. The van der Waals surface area contributed by atoms with Gasteiger partial charge in [-0.2, -0.15) is 0 Å². The second-order valence-corrected chi connectivity index (χ2v) is 10.7. The van der Waals surface area contributed by atoms with Gasteiger partial charge < -0.3 is 9.47 Å². The van der Waals surface area contributed by atoms with E-state index >= 15 is 0 Å². The molecule has 2 aromatic rings. The molecular weight excluding hydrogens is 446 g/mol. The van der Waals surface area contributed by atoms with E-state index in [9.17, 15) is 4.79 Å². The number of carbonyl (C=O) groups excluding carboxylic acids is 1. The third kappa shape index (κ3) is 6.31. The molecule has 0 aliphatic heterocycles. The van der Waals surface area contributed by atoms with Crippen LogP contribution in [0, 0.1) is 11.8 Å². The topological polar surface area (TPSA) is 38.8 Å². The number of methoxy groups -OCH3 is 1. The normalized spacial score (nSPS) is 19.9. The number of benzene rings is 2. The van der Waals surface area contributed by atoms with Gasteiger partial charge >= 0.3 is 5.97 Å². The van der Waals surface area contributed by atoms with Crippen LogP contribution in [0.3, 0.4) is 0 Å². The van der Waals surface area contributed by atoms with E-state index in [1.807, 2.05) is 24.3 Å². The third-order valence-corrected chi connectivity index (χ3v) is 7.90. The molecule has 0 saturated carbocycles. The SMILES string of the molecule is CCC(C)N(C)C1CCC(C)(CC)c2cc(C#Cc3ccc(CC(=O)OC)cc3)cc(OC(C)C)c21. The average Bonchev–Trinajstić information content (AvgIpc) is 2.87. The molecule has 4 nitrogen and oxygen atoms in total. The van der Waals surface area contributed by atoms with Crippen molar-refractivity contribution in [3.63, 3.8) is 0 Å². The zero-order chi connectivity index (χ0) is 26.5. The maximum atomic E-state index is 11.5. The molecule has 0 radical (unpaired) electrons. The molecule has 1 aliphatic carbocycles. The smallest absolute Gasteiger partial charge is 0.309 e. The van der Waals surface area contributed by atoms with Gasteiger partial charge in [-0.25, -0.2) is 0 Å². The van der Waals surface area contributed by atoms with Gasteiger partial charge in [0.2, 0.25) is 0 Å². The standard InChI is InChI=1S/C32H43NO3/c1-9-23(5)33(7)28-17-18-32(6,10-2)27-19-26(20-29(31(27)28)36-22(3)4)16-13-24-11-14-25(15-12-24)21-30(34)35-8/h11-12,14-15,19-20,22-23,28H,9-10,17-18,21H2,1-8H3. The van der Waals surface area contributed by atoms with Crippen molar-refractivity contribution < 1.29 is 14.3 Å². The third-order valence-electron chi connectivity index (χ3n) is 7.90. The number of hydrogen-bond donors (Lipinski definition) is 0. The number of fused-ring (bicyclic) bond motifs is 1. The molecule has 0 amide bonds. The predicted octanol–water partition coefficient (Wildman–Crippen LogP) is 6.82. The van der Waals surface area contributed by atoms with Gasteiger partial charge in [0.05, 0.1) is 19.6 Å². The Morgan fingerprint density at radius 3 is 2.36 bits per heavy atom. The van der Waals surface area contributed by atoms with Crippen molar-refractivity contribution in [2.24, 2.45) is 0 Å². The number of hydrogen-bond acceptors (Lipinski definition) is 4. The Hall–Kier alpha value is -2.77. The average molecular weight is 490 g/mol. The van der Waals surface area contributed by atoms with E-state index in [0.29, 0.717) is 12.1 Å². The van der Waals surface area contributed by atoms with Crippen LogP contribution >= 0.6 is 0 Å². The van der Waals surface area contributed by atoms with Gasteiger partial charge in [0, 0.05) is 28.8 Å². The van der Waals surface area contributed by atoms with Crippen LogP contribution in [0.1, 0.15) is 101 Å². The number of ether oxygens (including phenoxy) is 2. The van der Waals surface area contributed by atoms with E-state index in [2.05, 4.69) is 77.5 Å². The molecule has 2 aromatic carbocycles. The van der Waals surface area contributed by atoms with Crippen LogP contribution in [0.25, 0.3) is 0 Å². The fourth-order valence-corrected chi connectivity index (χ4v) is 5.09. The van der Waals surface area contributed by atoms with Crippen molar-refractivity contribution in [3.8, 4) is 17.6 Å². The highest BCUT2D eigenvalue weighted by Gasteiger charge is 2.39. The minimum Gasteiger partial charge on any atom is -0.491 e. The van der Waals surface area contributed by atoms with Gasteiger partial charge in [-0.05, 0) is 94.3 Å². The molecular formula is C32H43NO3. The molecule has 0 N–H and O–H groups in total. The highest BCUT2D eigenvalue weighted by molar-refractivity contribution is 5.72. The summed E-state index contributed by atoms with van der Waals surface area (Å²) in [4.78, 5) is 14.1. The van der Waals surface area contributed by atoms with Crippen molar-refractivity contribution in [1.29, 1.82) is 0 Å². The van der Waals surface area contributed by atoms with Crippen LogP contribution in [-0.4, -0.2) is 37.2 Å². The highest BCUT2D eigenvalue weighted by atomic mass is 16.5. The van der Waals surface area contributed by atoms with Crippen LogP contribution in [0.2, 0.25) is 0 Å². The molecule has 0 bridgehead atoms. The lowest BCUT2D eigenvalue weighted by Gasteiger charge is -2.44. The van der Waals surface area contributed by atoms with Gasteiger partial charge in [0.1, 0.15) is 5.75 Å². The van der Waals surface area contributed by atoms with E-state index < -0.39 is 0 Å². The molecule has 0 saturated heterocycles. The van der Waals surface area contributed by atoms with Crippen molar-refractivity contribution in [2.75, 3.05) is 14.2 Å². The lowest BCUT2D eigenvalue weighted by Crippen LogP contribution is -2.39. The Labute approximate surface area is 218 Å². The highest BCUT2D eigenvalue weighted by Crippen LogP contribution is 2.50. The van der Waals surface area contributed by atoms with Gasteiger partial charge in [-0.1, -0.05) is 44.7 Å². The van der Waals surface area contributed by atoms with Crippen LogP contribution < -0.4 is 4.74 Å². The Kier molecular flexibility index (Phi) is 9.25. The van der Waals surface area contributed by atoms with Crippen LogP contribution in [0.5, 0.6) is 5.75 Å². The molecule has 4 heteroatoms. The van der Waals surface area contributed by atoms with Gasteiger partial charge in [0.15, 0.2) is 0 Å². The first-order valence-corrected chi connectivity index (χ1v) is 13.4. The number of esters is 1.